The lowest BCUT2D eigenvalue weighted by molar-refractivity contribution is 0.486. The lowest BCUT2D eigenvalue weighted by Gasteiger charge is -2.15. The van der Waals surface area contributed by atoms with Crippen molar-refractivity contribution in [2.24, 2.45) is 5.84 Å². The second-order valence-electron chi connectivity index (χ2n) is 3.32. The van der Waals surface area contributed by atoms with Crippen LogP contribution >= 0.6 is 11.6 Å². The number of hydrogen-bond donors (Lipinski definition) is 2. The normalized spacial score (nSPS) is 12.8. The SMILES string of the molecule is CCCC(Cc1ccncc1Cl)NN. The van der Waals surface area contributed by atoms with E-state index in [2.05, 4.69) is 17.3 Å². The number of aromatic nitrogens is 1. The van der Waals surface area contributed by atoms with Crippen molar-refractivity contribution >= 4 is 11.6 Å². The Morgan fingerprint density at radius 1 is 1.64 bits per heavy atom. The highest BCUT2D eigenvalue weighted by atomic mass is 35.5. The van der Waals surface area contributed by atoms with Gasteiger partial charge in [-0.15, -0.1) is 0 Å². The maximum Gasteiger partial charge on any atom is 0.0621 e. The Morgan fingerprint density at radius 2 is 2.43 bits per heavy atom. The van der Waals surface area contributed by atoms with Crippen LogP contribution in [0.15, 0.2) is 18.5 Å². The van der Waals surface area contributed by atoms with Crippen LogP contribution in [0.3, 0.4) is 0 Å². The molecular weight excluding hydrogens is 198 g/mol. The first kappa shape index (κ1) is 11.4. The van der Waals surface area contributed by atoms with Crippen molar-refractivity contribution in [2.45, 2.75) is 32.2 Å². The van der Waals surface area contributed by atoms with Crippen molar-refractivity contribution in [1.82, 2.24) is 10.4 Å². The van der Waals surface area contributed by atoms with Crippen molar-refractivity contribution < 1.29 is 0 Å². The molecule has 1 unspecified atom stereocenters. The van der Waals surface area contributed by atoms with Gasteiger partial charge in [0.2, 0.25) is 0 Å². The number of hydrazine groups is 1. The van der Waals surface area contributed by atoms with Gasteiger partial charge in [-0.25, -0.2) is 0 Å². The molecule has 0 amide bonds. The molecule has 1 atom stereocenters. The third-order valence-electron chi connectivity index (χ3n) is 2.20. The summed E-state index contributed by atoms with van der Waals surface area (Å²) in [4.78, 5) is 3.94. The highest BCUT2D eigenvalue weighted by molar-refractivity contribution is 6.31. The van der Waals surface area contributed by atoms with Crippen molar-refractivity contribution in [1.29, 1.82) is 0 Å². The Hall–Kier alpha value is -0.640. The van der Waals surface area contributed by atoms with Crippen molar-refractivity contribution in [3.8, 4) is 0 Å². The number of nitrogens with zero attached hydrogens (tertiary/aromatic N) is 1. The third-order valence-corrected chi connectivity index (χ3v) is 2.54. The molecule has 1 heterocycles. The monoisotopic (exact) mass is 213 g/mol. The molecule has 0 saturated carbocycles. The van der Waals surface area contributed by atoms with Gasteiger partial charge in [0.15, 0.2) is 0 Å². The Kier molecular flexibility index (Phi) is 4.87. The third kappa shape index (κ3) is 3.25. The second kappa shape index (κ2) is 5.96. The summed E-state index contributed by atoms with van der Waals surface area (Å²) >= 11 is 5.99. The van der Waals surface area contributed by atoms with E-state index in [9.17, 15) is 0 Å². The molecule has 14 heavy (non-hydrogen) atoms. The summed E-state index contributed by atoms with van der Waals surface area (Å²) in [6.45, 7) is 2.14. The minimum Gasteiger partial charge on any atom is -0.271 e. The van der Waals surface area contributed by atoms with Gasteiger partial charge < -0.3 is 0 Å². The van der Waals surface area contributed by atoms with E-state index in [1.807, 2.05) is 6.07 Å². The zero-order valence-electron chi connectivity index (χ0n) is 8.33. The van der Waals surface area contributed by atoms with E-state index in [0.29, 0.717) is 11.1 Å². The van der Waals surface area contributed by atoms with Crippen LogP contribution in [-0.2, 0) is 6.42 Å². The van der Waals surface area contributed by atoms with Gasteiger partial charge >= 0.3 is 0 Å². The molecule has 0 aromatic carbocycles. The molecule has 0 aliphatic rings. The average molecular weight is 214 g/mol. The van der Waals surface area contributed by atoms with Crippen LogP contribution in [0, 0.1) is 0 Å². The minimum absolute atomic E-state index is 0.292. The predicted octanol–water partition coefficient (Wildman–Crippen LogP) is 1.91. The molecule has 1 aromatic heterocycles. The van der Waals surface area contributed by atoms with E-state index in [1.54, 1.807) is 12.4 Å². The van der Waals surface area contributed by atoms with E-state index >= 15 is 0 Å². The minimum atomic E-state index is 0.292. The number of pyridine rings is 1. The van der Waals surface area contributed by atoms with Gasteiger partial charge in [0, 0.05) is 18.4 Å². The standard InChI is InChI=1S/C10H16ClN3/c1-2-3-9(14-12)6-8-4-5-13-7-10(8)11/h4-5,7,9,14H,2-3,6,12H2,1H3. The van der Waals surface area contributed by atoms with Crippen molar-refractivity contribution in [3.05, 3.63) is 29.0 Å². The lowest BCUT2D eigenvalue weighted by atomic mass is 10.0. The Bertz CT molecular complexity index is 278. The number of rotatable bonds is 5. The summed E-state index contributed by atoms with van der Waals surface area (Å²) in [6.07, 6.45) is 6.43. The largest absolute Gasteiger partial charge is 0.271 e. The van der Waals surface area contributed by atoms with Gasteiger partial charge in [-0.1, -0.05) is 24.9 Å². The number of nitrogens with two attached hydrogens (primary N) is 1. The molecule has 0 aliphatic heterocycles. The fourth-order valence-electron chi connectivity index (χ4n) is 1.43. The molecule has 0 saturated heterocycles. The summed E-state index contributed by atoms with van der Waals surface area (Å²) < 4.78 is 0. The van der Waals surface area contributed by atoms with Gasteiger partial charge in [-0.05, 0) is 24.5 Å². The van der Waals surface area contributed by atoms with E-state index in [0.717, 1.165) is 24.8 Å². The van der Waals surface area contributed by atoms with Crippen LogP contribution in [0.25, 0.3) is 0 Å². The van der Waals surface area contributed by atoms with Gasteiger partial charge in [0.1, 0.15) is 0 Å². The highest BCUT2D eigenvalue weighted by Gasteiger charge is 2.08. The number of nitrogens with one attached hydrogen (secondary N) is 1. The topological polar surface area (TPSA) is 50.9 Å². The van der Waals surface area contributed by atoms with Gasteiger partial charge in [-0.2, -0.15) is 0 Å². The van der Waals surface area contributed by atoms with E-state index < -0.39 is 0 Å². The smallest absolute Gasteiger partial charge is 0.0621 e. The molecule has 3 nitrogen and oxygen atoms in total. The molecule has 1 aromatic rings. The fraction of sp³-hybridized carbons (Fsp3) is 0.500. The van der Waals surface area contributed by atoms with Gasteiger partial charge in [-0.3, -0.25) is 16.3 Å². The quantitative estimate of drug-likeness (QED) is 0.581. The Morgan fingerprint density at radius 3 is 3.00 bits per heavy atom. The molecule has 0 aliphatic carbocycles. The average Bonchev–Trinajstić information content (AvgIpc) is 2.20. The zero-order chi connectivity index (χ0) is 10.4. The van der Waals surface area contributed by atoms with E-state index in [1.165, 1.54) is 0 Å². The van der Waals surface area contributed by atoms with Crippen LogP contribution in [0.1, 0.15) is 25.3 Å². The summed E-state index contributed by atoms with van der Waals surface area (Å²) in [7, 11) is 0. The summed E-state index contributed by atoms with van der Waals surface area (Å²) in [5.41, 5.74) is 3.90. The molecule has 4 heteroatoms. The highest BCUT2D eigenvalue weighted by Crippen LogP contribution is 2.16. The Balaban J connectivity index is 2.62. The van der Waals surface area contributed by atoms with Crippen LogP contribution < -0.4 is 11.3 Å². The summed E-state index contributed by atoms with van der Waals surface area (Å²) in [5, 5.41) is 0.712. The molecule has 78 valence electrons. The second-order valence-corrected chi connectivity index (χ2v) is 3.73. The molecule has 1 rings (SSSR count). The first-order valence-corrected chi connectivity index (χ1v) is 5.20. The van der Waals surface area contributed by atoms with Crippen molar-refractivity contribution in [3.63, 3.8) is 0 Å². The van der Waals surface area contributed by atoms with Gasteiger partial charge in [0.05, 0.1) is 5.02 Å². The van der Waals surface area contributed by atoms with Crippen LogP contribution in [0.2, 0.25) is 5.02 Å². The van der Waals surface area contributed by atoms with Crippen molar-refractivity contribution in [2.75, 3.05) is 0 Å². The van der Waals surface area contributed by atoms with Gasteiger partial charge in [0.25, 0.3) is 0 Å². The number of hydrogen-bond acceptors (Lipinski definition) is 3. The molecule has 0 bridgehead atoms. The summed E-state index contributed by atoms with van der Waals surface area (Å²) in [5.74, 6) is 5.45. The van der Waals surface area contributed by atoms with Crippen LogP contribution in [0.4, 0.5) is 0 Å². The Labute approximate surface area is 89.6 Å². The van der Waals surface area contributed by atoms with E-state index in [4.69, 9.17) is 17.4 Å². The zero-order valence-corrected chi connectivity index (χ0v) is 9.09. The fourth-order valence-corrected chi connectivity index (χ4v) is 1.62. The maximum atomic E-state index is 5.99. The molecular formula is C10H16ClN3. The molecule has 0 radical (unpaired) electrons. The van der Waals surface area contributed by atoms with Crippen LogP contribution in [0.5, 0.6) is 0 Å². The van der Waals surface area contributed by atoms with Crippen LogP contribution in [-0.4, -0.2) is 11.0 Å². The lowest BCUT2D eigenvalue weighted by Crippen LogP contribution is -2.36. The maximum absolute atomic E-state index is 5.99. The molecule has 3 N–H and O–H groups in total. The molecule has 0 fully saturated rings. The number of halogens is 1. The predicted molar refractivity (Wildman–Crippen MR) is 59.0 cm³/mol. The molecule has 0 spiro atoms. The summed E-state index contributed by atoms with van der Waals surface area (Å²) in [6, 6.07) is 2.22. The van der Waals surface area contributed by atoms with E-state index in [-0.39, 0.29) is 0 Å². The first-order chi connectivity index (χ1) is 6.77. The first-order valence-electron chi connectivity index (χ1n) is 4.82.